The van der Waals surface area contributed by atoms with Crippen LogP contribution in [-0.2, 0) is 9.59 Å². The van der Waals surface area contributed by atoms with Gasteiger partial charge in [0.05, 0.1) is 0 Å². The van der Waals surface area contributed by atoms with Crippen molar-refractivity contribution in [3.63, 3.8) is 0 Å². The fourth-order valence-electron chi connectivity index (χ4n) is 3.39. The molecule has 2 unspecified atom stereocenters. The second kappa shape index (κ2) is 8.16. The molecule has 0 spiro atoms. The molecule has 128 valence electrons. The number of rotatable bonds is 5. The van der Waals surface area contributed by atoms with Crippen LogP contribution in [0.25, 0.3) is 0 Å². The summed E-state index contributed by atoms with van der Waals surface area (Å²) >= 11 is 0. The smallest absolute Gasteiger partial charge is 0.224 e. The molecule has 2 aliphatic rings. The van der Waals surface area contributed by atoms with E-state index in [0.29, 0.717) is 13.0 Å². The third-order valence-corrected chi connectivity index (χ3v) is 5.00. The van der Waals surface area contributed by atoms with Crippen LogP contribution in [0.5, 0.6) is 0 Å². The fraction of sp³-hybridized carbons (Fsp3) is 0.875. The number of hydrogen-bond acceptors (Lipinski definition) is 3. The van der Waals surface area contributed by atoms with Crippen LogP contribution >= 0.6 is 12.4 Å². The van der Waals surface area contributed by atoms with Crippen molar-refractivity contribution >= 4 is 24.2 Å². The third kappa shape index (κ3) is 4.85. The minimum Gasteiger partial charge on any atom is -0.353 e. The van der Waals surface area contributed by atoms with E-state index in [9.17, 15) is 9.59 Å². The summed E-state index contributed by atoms with van der Waals surface area (Å²) in [5, 5.41) is 3.00. The van der Waals surface area contributed by atoms with Crippen LogP contribution in [0.3, 0.4) is 0 Å². The largest absolute Gasteiger partial charge is 0.353 e. The lowest BCUT2D eigenvalue weighted by Crippen LogP contribution is -2.41. The third-order valence-electron chi connectivity index (χ3n) is 5.00. The molecule has 1 saturated carbocycles. The Hall–Kier alpha value is -0.810. The minimum absolute atomic E-state index is 0. The van der Waals surface area contributed by atoms with Gasteiger partial charge in [0.1, 0.15) is 0 Å². The maximum Gasteiger partial charge on any atom is 0.224 e. The number of hydrogen-bond donors (Lipinski definition) is 2. The summed E-state index contributed by atoms with van der Waals surface area (Å²) in [5.74, 6) is 0.419. The molecule has 2 amide bonds. The van der Waals surface area contributed by atoms with Gasteiger partial charge < -0.3 is 16.0 Å². The molecule has 1 aliphatic heterocycles. The molecular formula is C16H30ClN3O2. The highest BCUT2D eigenvalue weighted by atomic mass is 35.5. The van der Waals surface area contributed by atoms with Gasteiger partial charge in [-0.3, -0.25) is 9.59 Å². The molecule has 1 saturated heterocycles. The summed E-state index contributed by atoms with van der Waals surface area (Å²) in [6.07, 6.45) is 5.64. The zero-order valence-electron chi connectivity index (χ0n) is 13.8. The summed E-state index contributed by atoms with van der Waals surface area (Å²) in [6, 6.07) is -0.0877. The maximum atomic E-state index is 12.3. The SMILES string of the molecule is CC(CC(=O)N1CCC(C)(CN)C1)NC(=O)C1CCCC1.Cl. The lowest BCUT2D eigenvalue weighted by Gasteiger charge is -2.24. The Labute approximate surface area is 139 Å². The molecule has 1 heterocycles. The molecule has 3 N–H and O–H groups in total. The zero-order valence-corrected chi connectivity index (χ0v) is 14.6. The molecule has 6 heteroatoms. The normalized spacial score (nSPS) is 26.6. The highest BCUT2D eigenvalue weighted by molar-refractivity contribution is 5.85. The lowest BCUT2D eigenvalue weighted by atomic mass is 9.90. The second-order valence-electron chi connectivity index (χ2n) is 7.18. The van der Waals surface area contributed by atoms with Crippen LogP contribution in [0.2, 0.25) is 0 Å². The monoisotopic (exact) mass is 331 g/mol. The van der Waals surface area contributed by atoms with E-state index < -0.39 is 0 Å². The molecule has 1 aliphatic carbocycles. The number of nitrogens with two attached hydrogens (primary N) is 1. The molecule has 0 bridgehead atoms. The highest BCUT2D eigenvalue weighted by Crippen LogP contribution is 2.29. The van der Waals surface area contributed by atoms with Crippen molar-refractivity contribution in [3.8, 4) is 0 Å². The molecular weight excluding hydrogens is 302 g/mol. The van der Waals surface area contributed by atoms with Gasteiger partial charge in [-0.25, -0.2) is 0 Å². The van der Waals surface area contributed by atoms with E-state index in [2.05, 4.69) is 12.2 Å². The second-order valence-corrected chi connectivity index (χ2v) is 7.18. The minimum atomic E-state index is -0.0877. The zero-order chi connectivity index (χ0) is 15.5. The van der Waals surface area contributed by atoms with Crippen molar-refractivity contribution in [3.05, 3.63) is 0 Å². The van der Waals surface area contributed by atoms with Gasteiger partial charge in [-0.15, -0.1) is 12.4 Å². The quantitative estimate of drug-likeness (QED) is 0.805. The number of carbonyl (C=O) groups is 2. The van der Waals surface area contributed by atoms with Gasteiger partial charge in [-0.1, -0.05) is 19.8 Å². The van der Waals surface area contributed by atoms with E-state index in [4.69, 9.17) is 5.73 Å². The summed E-state index contributed by atoms with van der Waals surface area (Å²) in [6.45, 7) is 6.20. The predicted molar refractivity (Wildman–Crippen MR) is 89.8 cm³/mol. The Morgan fingerprint density at radius 2 is 2.00 bits per heavy atom. The van der Waals surface area contributed by atoms with Crippen molar-refractivity contribution < 1.29 is 9.59 Å². The Morgan fingerprint density at radius 3 is 2.55 bits per heavy atom. The Kier molecular flexibility index (Phi) is 7.13. The van der Waals surface area contributed by atoms with Gasteiger partial charge in [0.15, 0.2) is 0 Å². The van der Waals surface area contributed by atoms with Crippen LogP contribution in [0.15, 0.2) is 0 Å². The highest BCUT2D eigenvalue weighted by Gasteiger charge is 2.35. The average molecular weight is 332 g/mol. The first-order valence-electron chi connectivity index (χ1n) is 8.22. The average Bonchev–Trinajstić information content (AvgIpc) is 3.08. The van der Waals surface area contributed by atoms with Crippen LogP contribution in [0.1, 0.15) is 52.4 Å². The van der Waals surface area contributed by atoms with E-state index >= 15 is 0 Å². The van der Waals surface area contributed by atoms with E-state index in [-0.39, 0.29) is 41.6 Å². The predicted octanol–water partition coefficient (Wildman–Crippen LogP) is 1.69. The van der Waals surface area contributed by atoms with E-state index in [0.717, 1.165) is 45.2 Å². The molecule has 0 radical (unpaired) electrons. The Morgan fingerprint density at radius 1 is 1.36 bits per heavy atom. The van der Waals surface area contributed by atoms with Crippen LogP contribution in [0, 0.1) is 11.3 Å². The fourth-order valence-corrected chi connectivity index (χ4v) is 3.39. The molecule has 22 heavy (non-hydrogen) atoms. The van der Waals surface area contributed by atoms with E-state index in [1.54, 1.807) is 0 Å². The number of halogens is 1. The first kappa shape index (κ1) is 19.2. The van der Waals surface area contributed by atoms with E-state index in [1.807, 2.05) is 11.8 Å². The number of amides is 2. The summed E-state index contributed by atoms with van der Waals surface area (Å²) in [5.41, 5.74) is 5.83. The molecule has 0 aromatic rings. The van der Waals surface area contributed by atoms with Gasteiger partial charge in [-0.2, -0.15) is 0 Å². The number of nitrogens with zero attached hydrogens (tertiary/aromatic N) is 1. The molecule has 2 rings (SSSR count). The first-order valence-corrected chi connectivity index (χ1v) is 8.22. The molecule has 0 aromatic carbocycles. The first-order chi connectivity index (χ1) is 9.93. The molecule has 0 aromatic heterocycles. The van der Waals surface area contributed by atoms with Crippen LogP contribution < -0.4 is 11.1 Å². The van der Waals surface area contributed by atoms with Crippen LogP contribution in [0.4, 0.5) is 0 Å². The van der Waals surface area contributed by atoms with Gasteiger partial charge in [0.2, 0.25) is 11.8 Å². The number of likely N-dealkylation sites (tertiary alicyclic amines) is 1. The van der Waals surface area contributed by atoms with Crippen molar-refractivity contribution in [1.29, 1.82) is 0 Å². The van der Waals surface area contributed by atoms with Crippen molar-refractivity contribution in [2.45, 2.75) is 58.4 Å². The summed E-state index contributed by atoms with van der Waals surface area (Å²) in [4.78, 5) is 26.2. The summed E-state index contributed by atoms with van der Waals surface area (Å²) in [7, 11) is 0. The van der Waals surface area contributed by atoms with Gasteiger partial charge >= 0.3 is 0 Å². The van der Waals surface area contributed by atoms with Crippen molar-refractivity contribution in [2.75, 3.05) is 19.6 Å². The summed E-state index contributed by atoms with van der Waals surface area (Å²) < 4.78 is 0. The van der Waals surface area contributed by atoms with E-state index in [1.165, 1.54) is 0 Å². The standard InChI is InChI=1S/C16H29N3O2.ClH/c1-12(18-15(21)13-5-3-4-6-13)9-14(20)19-8-7-16(2,10-17)11-19;/h12-13H,3-11,17H2,1-2H3,(H,18,21);1H. The number of carbonyl (C=O) groups excluding carboxylic acids is 2. The number of nitrogens with one attached hydrogen (secondary N) is 1. The van der Waals surface area contributed by atoms with Crippen molar-refractivity contribution in [2.24, 2.45) is 17.1 Å². The molecule has 2 fully saturated rings. The lowest BCUT2D eigenvalue weighted by molar-refractivity contribution is -0.131. The molecule has 2 atom stereocenters. The van der Waals surface area contributed by atoms with Gasteiger partial charge in [0, 0.05) is 31.5 Å². The molecule has 5 nitrogen and oxygen atoms in total. The van der Waals surface area contributed by atoms with Crippen LogP contribution in [-0.4, -0.2) is 42.4 Å². The Bertz CT molecular complexity index is 399. The van der Waals surface area contributed by atoms with Crippen molar-refractivity contribution in [1.82, 2.24) is 10.2 Å². The van der Waals surface area contributed by atoms with Gasteiger partial charge in [-0.05, 0) is 38.1 Å². The maximum absolute atomic E-state index is 12.3. The Balaban J connectivity index is 0.00000242. The van der Waals surface area contributed by atoms with Gasteiger partial charge in [0.25, 0.3) is 0 Å². The topological polar surface area (TPSA) is 75.4 Å².